The van der Waals surface area contributed by atoms with Gasteiger partial charge in [-0.2, -0.15) is 0 Å². The number of rotatable bonds is 8. The van der Waals surface area contributed by atoms with Gasteiger partial charge in [0.25, 0.3) is 0 Å². The van der Waals surface area contributed by atoms with Gasteiger partial charge in [-0.15, -0.1) is 0 Å². The van der Waals surface area contributed by atoms with Gasteiger partial charge in [-0.05, 0) is 12.5 Å². The van der Waals surface area contributed by atoms with Crippen LogP contribution in [0.4, 0.5) is 5.69 Å². The fourth-order valence-corrected chi connectivity index (χ4v) is 2.50. The number of hydrogen-bond donors (Lipinski definition) is 1. The van der Waals surface area contributed by atoms with Crippen LogP contribution in [0.5, 0.6) is 0 Å². The van der Waals surface area contributed by atoms with Crippen molar-refractivity contribution < 1.29 is 8.42 Å². The van der Waals surface area contributed by atoms with E-state index < -0.39 is 9.84 Å². The van der Waals surface area contributed by atoms with Gasteiger partial charge in [0.1, 0.15) is 0 Å². The van der Waals surface area contributed by atoms with Gasteiger partial charge < -0.3 is 5.32 Å². The van der Waals surface area contributed by atoms with Crippen LogP contribution in [-0.4, -0.2) is 25.7 Å². The summed E-state index contributed by atoms with van der Waals surface area (Å²) in [6.07, 6.45) is 7.81. The summed E-state index contributed by atoms with van der Waals surface area (Å²) in [5.74, 6) is 0.106. The quantitative estimate of drug-likeness (QED) is 0.738. The third kappa shape index (κ3) is 4.64. The molecule has 0 amide bonds. The van der Waals surface area contributed by atoms with E-state index >= 15 is 0 Å². The van der Waals surface area contributed by atoms with Crippen LogP contribution in [0.2, 0.25) is 0 Å². The van der Waals surface area contributed by atoms with E-state index in [-0.39, 0.29) is 5.75 Å². The van der Waals surface area contributed by atoms with E-state index in [2.05, 4.69) is 17.2 Å². The van der Waals surface area contributed by atoms with Crippen molar-refractivity contribution in [2.24, 2.45) is 0 Å². The third-order valence-electron chi connectivity index (χ3n) is 2.81. The normalized spacial score (nSPS) is 11.4. The van der Waals surface area contributed by atoms with Gasteiger partial charge in [0.2, 0.25) is 0 Å². The zero-order valence-corrected chi connectivity index (χ0v) is 12.0. The predicted molar refractivity (Wildman–Crippen MR) is 74.6 cm³/mol. The Morgan fingerprint density at radius 3 is 2.61 bits per heavy atom. The summed E-state index contributed by atoms with van der Waals surface area (Å²) in [4.78, 5) is 4.27. The van der Waals surface area contributed by atoms with E-state index in [9.17, 15) is 8.42 Å². The van der Waals surface area contributed by atoms with Crippen LogP contribution in [0.25, 0.3) is 0 Å². The molecule has 4 nitrogen and oxygen atoms in total. The van der Waals surface area contributed by atoms with Crippen molar-refractivity contribution >= 4 is 15.5 Å². The number of nitrogens with zero attached hydrogens (tertiary/aromatic N) is 1. The first-order valence-electron chi connectivity index (χ1n) is 6.51. The predicted octanol–water partition coefficient (Wildman–Crippen LogP) is 2.87. The van der Waals surface area contributed by atoms with E-state index in [1.54, 1.807) is 19.2 Å². The monoisotopic (exact) mass is 270 g/mol. The highest BCUT2D eigenvalue weighted by molar-refractivity contribution is 7.91. The molecule has 1 rings (SSSR count). The average Bonchev–Trinajstić information content (AvgIpc) is 2.39. The lowest BCUT2D eigenvalue weighted by atomic mass is 10.2. The summed E-state index contributed by atoms with van der Waals surface area (Å²) in [6.45, 7) is 4.67. The zero-order chi connectivity index (χ0) is 13.4. The molecule has 1 aromatic heterocycles. The molecule has 102 valence electrons. The highest BCUT2D eigenvalue weighted by Gasteiger charge is 2.12. The van der Waals surface area contributed by atoms with Crippen molar-refractivity contribution in [1.29, 1.82) is 0 Å². The number of anilines is 1. The standard InChI is InChI=1S/C13H22N2O2S/c1-3-5-6-7-8-15-12-9-13(11-14-10-12)18(16,17)4-2/h9-11,15H,3-8H2,1-2H3. The summed E-state index contributed by atoms with van der Waals surface area (Å²) in [7, 11) is -3.16. The second-order valence-electron chi connectivity index (χ2n) is 4.30. The lowest BCUT2D eigenvalue weighted by molar-refractivity contribution is 0.597. The molecular weight excluding hydrogens is 248 g/mol. The minimum atomic E-state index is -3.16. The molecule has 0 unspecified atom stereocenters. The SMILES string of the molecule is CCCCCCNc1cncc(S(=O)(=O)CC)c1. The van der Waals surface area contributed by atoms with E-state index in [0.29, 0.717) is 4.90 Å². The molecule has 0 aliphatic rings. The maximum Gasteiger partial charge on any atom is 0.179 e. The fourth-order valence-electron chi connectivity index (χ4n) is 1.64. The van der Waals surface area contributed by atoms with Crippen LogP contribution < -0.4 is 5.32 Å². The Hall–Kier alpha value is -1.10. The van der Waals surface area contributed by atoms with Crippen molar-refractivity contribution in [3.05, 3.63) is 18.5 Å². The molecule has 1 aromatic rings. The number of aromatic nitrogens is 1. The molecule has 0 saturated carbocycles. The van der Waals surface area contributed by atoms with Crippen molar-refractivity contribution in [2.75, 3.05) is 17.6 Å². The molecule has 0 atom stereocenters. The van der Waals surface area contributed by atoms with Crippen molar-refractivity contribution in [2.45, 2.75) is 44.4 Å². The molecule has 0 saturated heterocycles. The summed E-state index contributed by atoms with van der Waals surface area (Å²) in [5.41, 5.74) is 0.779. The van der Waals surface area contributed by atoms with Crippen molar-refractivity contribution in [3.63, 3.8) is 0 Å². The lowest BCUT2D eigenvalue weighted by Gasteiger charge is -2.07. The zero-order valence-electron chi connectivity index (χ0n) is 11.1. The van der Waals surface area contributed by atoms with E-state index in [1.165, 1.54) is 25.5 Å². The number of hydrogen-bond acceptors (Lipinski definition) is 4. The fraction of sp³-hybridized carbons (Fsp3) is 0.615. The molecule has 1 N–H and O–H groups in total. The molecule has 0 bridgehead atoms. The van der Waals surface area contributed by atoms with E-state index in [4.69, 9.17) is 0 Å². The van der Waals surface area contributed by atoms with Gasteiger partial charge >= 0.3 is 0 Å². The van der Waals surface area contributed by atoms with Crippen LogP contribution in [0.1, 0.15) is 39.5 Å². The van der Waals surface area contributed by atoms with Crippen LogP contribution >= 0.6 is 0 Å². The average molecular weight is 270 g/mol. The second-order valence-corrected chi connectivity index (χ2v) is 6.58. The number of sulfone groups is 1. The smallest absolute Gasteiger partial charge is 0.179 e. The first-order valence-corrected chi connectivity index (χ1v) is 8.17. The van der Waals surface area contributed by atoms with Crippen LogP contribution in [-0.2, 0) is 9.84 Å². The Balaban J connectivity index is 2.55. The van der Waals surface area contributed by atoms with Crippen LogP contribution in [0.15, 0.2) is 23.4 Å². The van der Waals surface area contributed by atoms with Gasteiger partial charge in [0, 0.05) is 12.7 Å². The Morgan fingerprint density at radius 2 is 1.94 bits per heavy atom. The first kappa shape index (κ1) is 15.0. The highest BCUT2D eigenvalue weighted by Crippen LogP contribution is 2.15. The summed E-state index contributed by atoms with van der Waals surface area (Å²) in [6, 6.07) is 1.66. The summed E-state index contributed by atoms with van der Waals surface area (Å²) < 4.78 is 23.4. The number of pyridine rings is 1. The van der Waals surface area contributed by atoms with E-state index in [0.717, 1.165) is 18.7 Å². The Bertz CT molecular complexity index is 458. The summed E-state index contributed by atoms with van der Waals surface area (Å²) >= 11 is 0. The number of unbranched alkanes of at least 4 members (excludes halogenated alkanes) is 3. The highest BCUT2D eigenvalue weighted by atomic mass is 32.2. The van der Waals surface area contributed by atoms with Crippen molar-refractivity contribution in [1.82, 2.24) is 4.98 Å². The molecule has 1 heterocycles. The third-order valence-corrected chi connectivity index (χ3v) is 4.51. The van der Waals surface area contributed by atoms with Crippen LogP contribution in [0.3, 0.4) is 0 Å². The van der Waals surface area contributed by atoms with Gasteiger partial charge in [0.05, 0.1) is 22.5 Å². The largest absolute Gasteiger partial charge is 0.384 e. The summed E-state index contributed by atoms with van der Waals surface area (Å²) in [5, 5.41) is 3.21. The van der Waals surface area contributed by atoms with Gasteiger partial charge in [-0.1, -0.05) is 33.1 Å². The topological polar surface area (TPSA) is 59.1 Å². The molecule has 0 aliphatic heterocycles. The maximum absolute atomic E-state index is 11.7. The van der Waals surface area contributed by atoms with Gasteiger partial charge in [0.15, 0.2) is 9.84 Å². The van der Waals surface area contributed by atoms with Gasteiger partial charge in [-0.3, -0.25) is 4.98 Å². The molecule has 0 fully saturated rings. The number of nitrogens with one attached hydrogen (secondary N) is 1. The molecule has 0 aromatic carbocycles. The Morgan fingerprint density at radius 1 is 1.17 bits per heavy atom. The molecular formula is C13H22N2O2S. The second kappa shape index (κ2) is 7.36. The van der Waals surface area contributed by atoms with Crippen molar-refractivity contribution in [3.8, 4) is 0 Å². The minimum Gasteiger partial charge on any atom is -0.384 e. The van der Waals surface area contributed by atoms with E-state index in [1.807, 2.05) is 0 Å². The maximum atomic E-state index is 11.7. The Labute approximate surface area is 110 Å². The Kier molecular flexibility index (Phi) is 6.12. The molecule has 0 aliphatic carbocycles. The first-order chi connectivity index (χ1) is 8.60. The lowest BCUT2D eigenvalue weighted by Crippen LogP contribution is -2.07. The molecule has 0 spiro atoms. The minimum absolute atomic E-state index is 0.106. The van der Waals surface area contributed by atoms with Crippen LogP contribution in [0, 0.1) is 0 Å². The van der Waals surface area contributed by atoms with Gasteiger partial charge in [-0.25, -0.2) is 8.42 Å². The molecule has 5 heteroatoms. The molecule has 0 radical (unpaired) electrons. The molecule has 18 heavy (non-hydrogen) atoms.